The van der Waals surface area contributed by atoms with Crippen LogP contribution in [0.5, 0.6) is 0 Å². The first-order valence-corrected chi connectivity index (χ1v) is 6.21. The number of amides is 1. The van der Waals surface area contributed by atoms with Crippen molar-refractivity contribution in [2.45, 2.75) is 6.92 Å². The van der Waals surface area contributed by atoms with Crippen LogP contribution in [-0.4, -0.2) is 11.6 Å². The van der Waals surface area contributed by atoms with Gasteiger partial charge in [-0.2, -0.15) is 5.10 Å². The second-order valence-electron chi connectivity index (χ2n) is 3.98. The van der Waals surface area contributed by atoms with Crippen LogP contribution in [0.25, 0.3) is 0 Å². The average molecular weight is 273 g/mol. The Balaban J connectivity index is 2.11. The van der Waals surface area contributed by atoms with Gasteiger partial charge in [-0.15, -0.1) is 0 Å². The molecule has 0 fully saturated rings. The van der Waals surface area contributed by atoms with E-state index in [0.29, 0.717) is 10.6 Å². The Hall–Kier alpha value is -2.13. The fourth-order valence-corrected chi connectivity index (χ4v) is 1.81. The molecule has 3 nitrogen and oxygen atoms in total. The summed E-state index contributed by atoms with van der Waals surface area (Å²) in [7, 11) is 0. The van der Waals surface area contributed by atoms with Crippen molar-refractivity contribution in [1.29, 1.82) is 0 Å². The standard InChI is InChI=1S/C15H13ClN2O/c1-11(12-7-3-2-4-8-12)17-18-15(19)13-9-5-6-10-14(13)16/h2-10H,1H3,(H,18,19)/b17-11-. The van der Waals surface area contributed by atoms with Crippen molar-refractivity contribution in [3.63, 3.8) is 0 Å². The third-order valence-electron chi connectivity index (χ3n) is 2.64. The van der Waals surface area contributed by atoms with Gasteiger partial charge in [0, 0.05) is 0 Å². The third-order valence-corrected chi connectivity index (χ3v) is 2.96. The molecule has 1 amide bonds. The molecule has 0 bridgehead atoms. The normalized spacial score (nSPS) is 11.2. The van der Waals surface area contributed by atoms with Crippen LogP contribution in [0.15, 0.2) is 59.7 Å². The molecule has 0 heterocycles. The molecule has 0 unspecified atom stereocenters. The van der Waals surface area contributed by atoms with Gasteiger partial charge < -0.3 is 0 Å². The molecule has 0 saturated carbocycles. The Labute approximate surface area is 116 Å². The summed E-state index contributed by atoms with van der Waals surface area (Å²) in [6.45, 7) is 1.84. The predicted octanol–water partition coefficient (Wildman–Crippen LogP) is 3.49. The molecule has 96 valence electrons. The first-order chi connectivity index (χ1) is 9.18. The highest BCUT2D eigenvalue weighted by molar-refractivity contribution is 6.33. The minimum Gasteiger partial charge on any atom is -0.267 e. The molecular formula is C15H13ClN2O. The maximum atomic E-state index is 11.9. The summed E-state index contributed by atoms with van der Waals surface area (Å²) in [5.74, 6) is -0.319. The molecule has 0 spiro atoms. The number of rotatable bonds is 3. The number of hydrogen-bond acceptors (Lipinski definition) is 2. The first kappa shape index (κ1) is 13.3. The molecule has 0 atom stereocenters. The summed E-state index contributed by atoms with van der Waals surface area (Å²) < 4.78 is 0. The molecule has 0 radical (unpaired) electrons. The fourth-order valence-electron chi connectivity index (χ4n) is 1.58. The maximum absolute atomic E-state index is 11.9. The predicted molar refractivity (Wildman–Crippen MR) is 77.6 cm³/mol. The molecule has 2 aromatic rings. The lowest BCUT2D eigenvalue weighted by Gasteiger charge is -2.04. The van der Waals surface area contributed by atoms with Gasteiger partial charge in [0.05, 0.1) is 16.3 Å². The third kappa shape index (κ3) is 3.42. The van der Waals surface area contributed by atoms with Crippen molar-refractivity contribution in [3.8, 4) is 0 Å². The molecule has 0 aliphatic heterocycles. The van der Waals surface area contributed by atoms with Crippen molar-refractivity contribution in [1.82, 2.24) is 5.43 Å². The van der Waals surface area contributed by atoms with E-state index in [4.69, 9.17) is 11.6 Å². The zero-order chi connectivity index (χ0) is 13.7. The number of carbonyl (C=O) groups excluding carboxylic acids is 1. The highest BCUT2D eigenvalue weighted by atomic mass is 35.5. The fraction of sp³-hybridized carbons (Fsp3) is 0.0667. The zero-order valence-corrected chi connectivity index (χ0v) is 11.2. The molecule has 2 rings (SSSR count). The number of benzene rings is 2. The summed E-state index contributed by atoms with van der Waals surface area (Å²) >= 11 is 5.94. The number of nitrogens with zero attached hydrogens (tertiary/aromatic N) is 1. The Morgan fingerprint density at radius 1 is 1.05 bits per heavy atom. The number of nitrogens with one attached hydrogen (secondary N) is 1. The Bertz CT molecular complexity index is 609. The van der Waals surface area contributed by atoms with E-state index in [0.717, 1.165) is 11.3 Å². The van der Waals surface area contributed by atoms with E-state index in [1.807, 2.05) is 37.3 Å². The topological polar surface area (TPSA) is 41.5 Å². The van der Waals surface area contributed by atoms with Crippen LogP contribution in [0, 0.1) is 0 Å². The highest BCUT2D eigenvalue weighted by Crippen LogP contribution is 2.14. The van der Waals surface area contributed by atoms with Gasteiger partial charge in [-0.1, -0.05) is 54.1 Å². The van der Waals surface area contributed by atoms with E-state index in [1.165, 1.54) is 0 Å². The number of hydrogen-bond donors (Lipinski definition) is 1. The smallest absolute Gasteiger partial charge is 0.267 e. The van der Waals surface area contributed by atoms with Crippen molar-refractivity contribution < 1.29 is 4.79 Å². The lowest BCUT2D eigenvalue weighted by molar-refractivity contribution is 0.0955. The molecule has 0 aromatic heterocycles. The van der Waals surface area contributed by atoms with Crippen LogP contribution in [-0.2, 0) is 0 Å². The minimum atomic E-state index is -0.319. The molecule has 2 aromatic carbocycles. The highest BCUT2D eigenvalue weighted by Gasteiger charge is 2.08. The number of carbonyl (C=O) groups is 1. The summed E-state index contributed by atoms with van der Waals surface area (Å²) in [6, 6.07) is 16.5. The number of halogens is 1. The summed E-state index contributed by atoms with van der Waals surface area (Å²) in [6.07, 6.45) is 0. The van der Waals surface area contributed by atoms with Gasteiger partial charge in [-0.05, 0) is 24.6 Å². The summed E-state index contributed by atoms with van der Waals surface area (Å²) in [5.41, 5.74) is 4.61. The second-order valence-corrected chi connectivity index (χ2v) is 4.39. The van der Waals surface area contributed by atoms with Crippen molar-refractivity contribution in [2.24, 2.45) is 5.10 Å². The number of hydrazone groups is 1. The van der Waals surface area contributed by atoms with E-state index in [1.54, 1.807) is 24.3 Å². The van der Waals surface area contributed by atoms with Crippen molar-refractivity contribution in [2.75, 3.05) is 0 Å². The summed E-state index contributed by atoms with van der Waals surface area (Å²) in [5, 5.41) is 4.48. The van der Waals surface area contributed by atoms with Crippen molar-refractivity contribution >= 4 is 23.2 Å². The SMILES string of the molecule is C/C(=N/NC(=O)c1ccccc1Cl)c1ccccc1. The van der Waals surface area contributed by atoms with Crippen LogP contribution in [0.1, 0.15) is 22.8 Å². The van der Waals surface area contributed by atoms with Gasteiger partial charge in [0.15, 0.2) is 0 Å². The van der Waals surface area contributed by atoms with Gasteiger partial charge in [0.1, 0.15) is 0 Å². The van der Waals surface area contributed by atoms with Gasteiger partial charge >= 0.3 is 0 Å². The second kappa shape index (κ2) is 6.16. The molecule has 4 heteroatoms. The first-order valence-electron chi connectivity index (χ1n) is 5.83. The summed E-state index contributed by atoms with van der Waals surface area (Å²) in [4.78, 5) is 11.9. The maximum Gasteiger partial charge on any atom is 0.272 e. The lowest BCUT2D eigenvalue weighted by atomic mass is 10.1. The van der Waals surface area contributed by atoms with Crippen LogP contribution < -0.4 is 5.43 Å². The molecule has 0 aliphatic rings. The van der Waals surface area contributed by atoms with E-state index < -0.39 is 0 Å². The van der Waals surface area contributed by atoms with Crippen molar-refractivity contribution in [3.05, 3.63) is 70.7 Å². The zero-order valence-electron chi connectivity index (χ0n) is 10.4. The molecule has 0 aliphatic carbocycles. The molecular weight excluding hydrogens is 260 g/mol. The van der Waals surface area contributed by atoms with Crippen LogP contribution in [0.4, 0.5) is 0 Å². The monoisotopic (exact) mass is 272 g/mol. The molecule has 1 N–H and O–H groups in total. The van der Waals surface area contributed by atoms with Gasteiger partial charge in [-0.25, -0.2) is 5.43 Å². The van der Waals surface area contributed by atoms with Gasteiger partial charge in [0.25, 0.3) is 5.91 Å². The van der Waals surface area contributed by atoms with Crippen LogP contribution in [0.2, 0.25) is 5.02 Å². The average Bonchev–Trinajstić information content (AvgIpc) is 2.46. The minimum absolute atomic E-state index is 0.319. The van der Waals surface area contributed by atoms with Gasteiger partial charge in [-0.3, -0.25) is 4.79 Å². The van der Waals surface area contributed by atoms with E-state index in [2.05, 4.69) is 10.5 Å². The lowest BCUT2D eigenvalue weighted by Crippen LogP contribution is -2.19. The largest absolute Gasteiger partial charge is 0.272 e. The van der Waals surface area contributed by atoms with Gasteiger partial charge in [0.2, 0.25) is 0 Å². The Morgan fingerprint density at radius 2 is 1.68 bits per heavy atom. The van der Waals surface area contributed by atoms with Crippen LogP contribution in [0.3, 0.4) is 0 Å². The van der Waals surface area contributed by atoms with E-state index in [-0.39, 0.29) is 5.91 Å². The van der Waals surface area contributed by atoms with Crippen LogP contribution >= 0.6 is 11.6 Å². The molecule has 19 heavy (non-hydrogen) atoms. The molecule has 0 saturated heterocycles. The van der Waals surface area contributed by atoms with E-state index in [9.17, 15) is 4.79 Å². The quantitative estimate of drug-likeness (QED) is 0.674. The Morgan fingerprint density at radius 3 is 2.37 bits per heavy atom. The Kier molecular flexibility index (Phi) is 4.31. The van der Waals surface area contributed by atoms with E-state index >= 15 is 0 Å².